The van der Waals surface area contributed by atoms with Crippen LogP contribution in [-0.4, -0.2) is 38.4 Å². The van der Waals surface area contributed by atoms with Crippen LogP contribution in [0.15, 0.2) is 0 Å². The van der Waals surface area contributed by atoms with Crippen LogP contribution in [-0.2, 0) is 14.3 Å². The SMILES string of the molecule is CCC(C)(C)C(=O)NCCCO[C@@H]1CCOC1. The van der Waals surface area contributed by atoms with Crippen LogP contribution in [0, 0.1) is 5.41 Å². The number of carbonyl (C=O) groups excluding carboxylic acids is 1. The highest BCUT2D eigenvalue weighted by molar-refractivity contribution is 5.81. The van der Waals surface area contributed by atoms with Gasteiger partial charge in [-0.2, -0.15) is 0 Å². The molecule has 1 saturated heterocycles. The van der Waals surface area contributed by atoms with Crippen LogP contribution >= 0.6 is 0 Å². The van der Waals surface area contributed by atoms with Gasteiger partial charge >= 0.3 is 0 Å². The van der Waals surface area contributed by atoms with E-state index in [0.29, 0.717) is 13.2 Å². The van der Waals surface area contributed by atoms with E-state index in [1.165, 1.54) is 0 Å². The van der Waals surface area contributed by atoms with Gasteiger partial charge in [0.25, 0.3) is 0 Å². The molecule has 17 heavy (non-hydrogen) atoms. The zero-order chi connectivity index (χ0) is 12.7. The van der Waals surface area contributed by atoms with Crippen LogP contribution in [0.5, 0.6) is 0 Å². The van der Waals surface area contributed by atoms with Crippen molar-refractivity contribution in [3.63, 3.8) is 0 Å². The summed E-state index contributed by atoms with van der Waals surface area (Å²) >= 11 is 0. The fourth-order valence-corrected chi connectivity index (χ4v) is 1.57. The molecule has 0 aromatic heterocycles. The van der Waals surface area contributed by atoms with Gasteiger partial charge in [-0.15, -0.1) is 0 Å². The summed E-state index contributed by atoms with van der Waals surface area (Å²) < 4.78 is 10.8. The lowest BCUT2D eigenvalue weighted by atomic mass is 9.89. The van der Waals surface area contributed by atoms with E-state index >= 15 is 0 Å². The van der Waals surface area contributed by atoms with Crippen molar-refractivity contribution >= 4 is 5.91 Å². The quantitative estimate of drug-likeness (QED) is 0.693. The Bertz CT molecular complexity index is 235. The Morgan fingerprint density at radius 1 is 1.53 bits per heavy atom. The van der Waals surface area contributed by atoms with Gasteiger partial charge in [-0.25, -0.2) is 0 Å². The first-order valence-electron chi connectivity index (χ1n) is 6.54. The molecular formula is C13H25NO3. The highest BCUT2D eigenvalue weighted by Gasteiger charge is 2.24. The summed E-state index contributed by atoms with van der Waals surface area (Å²) in [7, 11) is 0. The minimum atomic E-state index is -0.264. The molecule has 0 bridgehead atoms. The first-order chi connectivity index (χ1) is 8.06. The maximum absolute atomic E-state index is 11.7. The second-order valence-electron chi connectivity index (χ2n) is 5.20. The van der Waals surface area contributed by atoms with E-state index in [2.05, 4.69) is 5.32 Å². The zero-order valence-electron chi connectivity index (χ0n) is 11.3. The fraction of sp³-hybridized carbons (Fsp3) is 0.923. The average Bonchev–Trinajstić information content (AvgIpc) is 2.81. The Hall–Kier alpha value is -0.610. The number of ether oxygens (including phenoxy) is 2. The van der Waals surface area contributed by atoms with Crippen molar-refractivity contribution in [1.29, 1.82) is 0 Å². The van der Waals surface area contributed by atoms with Crippen LogP contribution in [0.1, 0.15) is 40.0 Å². The normalized spacial score (nSPS) is 20.5. The van der Waals surface area contributed by atoms with Crippen molar-refractivity contribution in [2.75, 3.05) is 26.4 Å². The average molecular weight is 243 g/mol. The maximum atomic E-state index is 11.7. The van der Waals surface area contributed by atoms with E-state index < -0.39 is 0 Å². The summed E-state index contributed by atoms with van der Waals surface area (Å²) in [6.07, 6.45) is 2.98. The van der Waals surface area contributed by atoms with Crippen molar-refractivity contribution < 1.29 is 14.3 Å². The van der Waals surface area contributed by atoms with Crippen LogP contribution in [0.25, 0.3) is 0 Å². The molecule has 1 heterocycles. The number of amides is 1. The molecule has 1 fully saturated rings. The number of carbonyl (C=O) groups is 1. The molecule has 1 N–H and O–H groups in total. The van der Waals surface area contributed by atoms with Gasteiger partial charge in [0.1, 0.15) is 0 Å². The molecule has 1 rings (SSSR count). The molecule has 0 radical (unpaired) electrons. The summed E-state index contributed by atoms with van der Waals surface area (Å²) in [5.74, 6) is 0.129. The van der Waals surface area contributed by atoms with Crippen molar-refractivity contribution in [3.8, 4) is 0 Å². The zero-order valence-corrected chi connectivity index (χ0v) is 11.3. The second-order valence-corrected chi connectivity index (χ2v) is 5.20. The minimum absolute atomic E-state index is 0.129. The molecule has 0 aromatic carbocycles. The summed E-state index contributed by atoms with van der Waals surface area (Å²) in [5.41, 5.74) is -0.264. The van der Waals surface area contributed by atoms with Gasteiger partial charge in [0.2, 0.25) is 5.91 Å². The molecule has 1 aliphatic heterocycles. The van der Waals surface area contributed by atoms with Crippen molar-refractivity contribution in [3.05, 3.63) is 0 Å². The fourth-order valence-electron chi connectivity index (χ4n) is 1.57. The second kappa shape index (κ2) is 6.97. The van der Waals surface area contributed by atoms with E-state index in [1.54, 1.807) is 0 Å². The Balaban J connectivity index is 2.01. The monoisotopic (exact) mass is 243 g/mol. The molecular weight excluding hydrogens is 218 g/mol. The largest absolute Gasteiger partial charge is 0.379 e. The van der Waals surface area contributed by atoms with Crippen LogP contribution in [0.2, 0.25) is 0 Å². The van der Waals surface area contributed by atoms with E-state index in [0.717, 1.165) is 32.5 Å². The Labute approximate surface area is 104 Å². The number of nitrogens with one attached hydrogen (secondary N) is 1. The molecule has 1 amide bonds. The lowest BCUT2D eigenvalue weighted by Crippen LogP contribution is -2.37. The number of hydrogen-bond donors (Lipinski definition) is 1. The Morgan fingerprint density at radius 2 is 2.29 bits per heavy atom. The third kappa shape index (κ3) is 5.04. The van der Waals surface area contributed by atoms with Gasteiger partial charge in [-0.1, -0.05) is 20.8 Å². The molecule has 1 atom stereocenters. The molecule has 0 unspecified atom stereocenters. The van der Waals surface area contributed by atoms with E-state index in [9.17, 15) is 4.79 Å². The van der Waals surface area contributed by atoms with Gasteiger partial charge < -0.3 is 14.8 Å². The van der Waals surface area contributed by atoms with Crippen molar-refractivity contribution in [1.82, 2.24) is 5.32 Å². The number of hydrogen-bond acceptors (Lipinski definition) is 3. The maximum Gasteiger partial charge on any atom is 0.225 e. The van der Waals surface area contributed by atoms with Crippen molar-refractivity contribution in [2.24, 2.45) is 5.41 Å². The molecule has 100 valence electrons. The van der Waals surface area contributed by atoms with E-state index in [4.69, 9.17) is 9.47 Å². The highest BCUT2D eigenvalue weighted by Crippen LogP contribution is 2.19. The van der Waals surface area contributed by atoms with E-state index in [-0.39, 0.29) is 17.4 Å². The van der Waals surface area contributed by atoms with Crippen LogP contribution < -0.4 is 5.32 Å². The summed E-state index contributed by atoms with van der Waals surface area (Å²) in [6, 6.07) is 0. The molecule has 0 aliphatic carbocycles. The molecule has 0 spiro atoms. The molecule has 4 nitrogen and oxygen atoms in total. The molecule has 4 heteroatoms. The van der Waals surface area contributed by atoms with Crippen LogP contribution in [0.3, 0.4) is 0 Å². The Morgan fingerprint density at radius 3 is 2.88 bits per heavy atom. The standard InChI is InChI=1S/C13H25NO3/c1-4-13(2,3)12(15)14-7-5-8-17-11-6-9-16-10-11/h11H,4-10H2,1-3H3,(H,14,15)/t11-/m1/s1. The molecule has 1 aliphatic rings. The van der Waals surface area contributed by atoms with Gasteiger partial charge in [0, 0.05) is 25.2 Å². The predicted molar refractivity (Wildman–Crippen MR) is 66.9 cm³/mol. The summed E-state index contributed by atoms with van der Waals surface area (Å²) in [6.45, 7) is 8.88. The van der Waals surface area contributed by atoms with Crippen LogP contribution in [0.4, 0.5) is 0 Å². The third-order valence-corrected chi connectivity index (χ3v) is 3.35. The number of rotatable bonds is 7. The summed E-state index contributed by atoms with van der Waals surface area (Å²) in [4.78, 5) is 11.7. The van der Waals surface area contributed by atoms with Gasteiger partial charge in [-0.3, -0.25) is 4.79 Å². The van der Waals surface area contributed by atoms with Gasteiger partial charge in [0.05, 0.1) is 12.7 Å². The van der Waals surface area contributed by atoms with Gasteiger partial charge in [0.15, 0.2) is 0 Å². The first kappa shape index (κ1) is 14.5. The minimum Gasteiger partial charge on any atom is -0.379 e. The van der Waals surface area contributed by atoms with E-state index in [1.807, 2.05) is 20.8 Å². The Kier molecular flexibility index (Phi) is 5.92. The summed E-state index contributed by atoms with van der Waals surface area (Å²) in [5, 5.41) is 2.95. The molecule has 0 aromatic rings. The lowest BCUT2D eigenvalue weighted by molar-refractivity contribution is -0.129. The molecule has 0 saturated carbocycles. The first-order valence-corrected chi connectivity index (χ1v) is 6.54. The smallest absolute Gasteiger partial charge is 0.225 e. The van der Waals surface area contributed by atoms with Gasteiger partial charge in [-0.05, 0) is 19.3 Å². The topological polar surface area (TPSA) is 47.6 Å². The lowest BCUT2D eigenvalue weighted by Gasteiger charge is -2.21. The predicted octanol–water partition coefficient (Wildman–Crippen LogP) is 1.73. The van der Waals surface area contributed by atoms with Crippen molar-refractivity contribution in [2.45, 2.75) is 46.1 Å². The third-order valence-electron chi connectivity index (χ3n) is 3.35. The highest BCUT2D eigenvalue weighted by atomic mass is 16.5.